The number of nitrogens with zero attached hydrogens (tertiary/aromatic N) is 4. The average Bonchev–Trinajstić information content (AvgIpc) is 3.21. The van der Waals surface area contributed by atoms with E-state index in [4.69, 9.17) is 30.4 Å². The number of pyridine rings is 3. The van der Waals surface area contributed by atoms with E-state index in [1.54, 1.807) is 24.5 Å². The van der Waals surface area contributed by atoms with Crippen LogP contribution in [0.4, 0.5) is 0 Å². The maximum absolute atomic E-state index is 13.8. The molecule has 18 heteroatoms. The van der Waals surface area contributed by atoms with Crippen LogP contribution in [0, 0.1) is 5.92 Å². The highest BCUT2D eigenvalue weighted by atomic mass is 16.7. The van der Waals surface area contributed by atoms with Crippen molar-refractivity contribution in [1.82, 2.24) is 25.2 Å². The average molecular weight is 784 g/mol. The second kappa shape index (κ2) is 19.7. The van der Waals surface area contributed by atoms with Crippen molar-refractivity contribution >= 4 is 5.91 Å². The maximum Gasteiger partial charge on any atom is 0.253 e. The molecule has 1 saturated carbocycles. The predicted molar refractivity (Wildman–Crippen MR) is 197 cm³/mol. The first kappa shape index (κ1) is 42.0. The van der Waals surface area contributed by atoms with Crippen molar-refractivity contribution in [2.75, 3.05) is 19.8 Å². The third kappa shape index (κ3) is 10.5. The zero-order valence-corrected chi connectivity index (χ0v) is 30.9. The van der Waals surface area contributed by atoms with E-state index in [0.29, 0.717) is 25.3 Å². The van der Waals surface area contributed by atoms with Gasteiger partial charge in [-0.25, -0.2) is 0 Å². The molecule has 56 heavy (non-hydrogen) atoms. The van der Waals surface area contributed by atoms with Gasteiger partial charge in [-0.3, -0.25) is 24.6 Å². The predicted octanol–water partition coefficient (Wildman–Crippen LogP) is -2.09. The molecule has 2 aliphatic heterocycles. The molecule has 3 aromatic rings. The van der Waals surface area contributed by atoms with E-state index in [0.717, 1.165) is 11.4 Å². The van der Waals surface area contributed by atoms with Crippen molar-refractivity contribution < 1.29 is 54.4 Å². The maximum atomic E-state index is 13.8. The molecule has 3 fully saturated rings. The first-order chi connectivity index (χ1) is 27.1. The molecule has 13 atom stereocenters. The smallest absolute Gasteiger partial charge is 0.253 e. The van der Waals surface area contributed by atoms with E-state index in [9.17, 15) is 35.4 Å². The highest BCUT2D eigenvalue weighted by Crippen LogP contribution is 2.33. The van der Waals surface area contributed by atoms with E-state index >= 15 is 0 Å². The van der Waals surface area contributed by atoms with E-state index in [-0.39, 0.29) is 24.8 Å². The second-order valence-electron chi connectivity index (χ2n) is 14.6. The molecule has 0 bridgehead atoms. The summed E-state index contributed by atoms with van der Waals surface area (Å²) in [5.74, 6) is -1.21. The van der Waals surface area contributed by atoms with Crippen molar-refractivity contribution in [3.8, 4) is 0 Å². The Labute approximate surface area is 324 Å². The Balaban J connectivity index is 1.18. The molecule has 11 N–H and O–H groups in total. The number of carbonyl (C=O) groups excluding carboxylic acids is 1. The minimum Gasteiger partial charge on any atom is -0.396 e. The fourth-order valence-corrected chi connectivity index (χ4v) is 7.42. The molecule has 3 aliphatic rings. The highest BCUT2D eigenvalue weighted by Gasteiger charge is 2.48. The van der Waals surface area contributed by atoms with Gasteiger partial charge in [0.1, 0.15) is 12.2 Å². The summed E-state index contributed by atoms with van der Waals surface area (Å²) < 4.78 is 24.3. The lowest BCUT2D eigenvalue weighted by molar-refractivity contribution is -0.302. The van der Waals surface area contributed by atoms with Crippen LogP contribution < -0.4 is 16.8 Å². The summed E-state index contributed by atoms with van der Waals surface area (Å²) in [6.07, 6.45) is -4.44. The number of carbonyl (C=O) groups is 1. The number of rotatable bonds is 15. The molecule has 1 aliphatic carbocycles. The SMILES string of the molecule is NC1C[C@H](O[C@@H]2OC(CO)[C@@H](O[C@@H]3CC(CO)[C@@H](O)[C@H](O)C3N)CC2NC(=O)c2ccc(CN(Cc3ccccn3)Cc3ccccn3)nc2)C(CO)O[C@H]1O. The Hall–Kier alpha value is -3.60. The van der Waals surface area contributed by atoms with Crippen LogP contribution in [0.3, 0.4) is 0 Å². The quantitative estimate of drug-likeness (QED) is 0.0799. The van der Waals surface area contributed by atoms with Crippen LogP contribution in [-0.4, -0.2) is 150 Å². The Bertz CT molecular complexity index is 1610. The standard InChI is InChI=1S/C38H53N7O11/c39-26-12-28(31(19-47)54-37(26)52)55-38-27(13-29(32(20-48)56-38)53-30-11-22(18-46)34(49)35(50)33(30)40)44-36(51)21-7-8-25(43-14-21)17-45(15-23-5-1-3-9-41-23)16-24-6-2-4-10-42-24/h1-10,14,22,26-35,37-38,46-50,52H,11-13,15-20,39-40H2,(H,44,51)/t22?,26?,27?,28-,29-,30+,31?,32?,33?,34+,35+,37+,38+/m0/s1. The van der Waals surface area contributed by atoms with E-state index in [1.807, 2.05) is 36.4 Å². The number of hydrogen-bond donors (Lipinski definition) is 9. The number of hydrogen-bond acceptors (Lipinski definition) is 17. The summed E-state index contributed by atoms with van der Waals surface area (Å²) >= 11 is 0. The van der Waals surface area contributed by atoms with Gasteiger partial charge < -0.3 is 66.4 Å². The number of nitrogens with two attached hydrogens (primary N) is 2. The van der Waals surface area contributed by atoms with Gasteiger partial charge in [-0.2, -0.15) is 0 Å². The van der Waals surface area contributed by atoms with Gasteiger partial charge in [-0.1, -0.05) is 12.1 Å². The van der Waals surface area contributed by atoms with Gasteiger partial charge in [-0.05, 0) is 49.2 Å². The van der Waals surface area contributed by atoms with Crippen LogP contribution in [0.2, 0.25) is 0 Å². The van der Waals surface area contributed by atoms with Gasteiger partial charge in [0.25, 0.3) is 5.91 Å². The number of aliphatic hydroxyl groups excluding tert-OH is 6. The van der Waals surface area contributed by atoms with Crippen molar-refractivity contribution in [2.45, 2.75) is 112 Å². The molecule has 0 aromatic carbocycles. The van der Waals surface area contributed by atoms with Gasteiger partial charge in [0.15, 0.2) is 12.6 Å². The van der Waals surface area contributed by atoms with Gasteiger partial charge in [0.2, 0.25) is 0 Å². The van der Waals surface area contributed by atoms with Crippen LogP contribution in [-0.2, 0) is 38.6 Å². The van der Waals surface area contributed by atoms with Crippen molar-refractivity contribution in [2.24, 2.45) is 17.4 Å². The number of amides is 1. The summed E-state index contributed by atoms with van der Waals surface area (Å²) in [5.41, 5.74) is 15.0. The minimum absolute atomic E-state index is 0.0425. The Morgan fingerprint density at radius 2 is 1.38 bits per heavy atom. The first-order valence-electron chi connectivity index (χ1n) is 18.8. The molecule has 6 unspecified atom stereocenters. The van der Waals surface area contributed by atoms with Crippen molar-refractivity contribution in [3.05, 3.63) is 89.8 Å². The van der Waals surface area contributed by atoms with E-state index < -0.39 is 105 Å². The monoisotopic (exact) mass is 783 g/mol. The van der Waals surface area contributed by atoms with Crippen LogP contribution in [0.1, 0.15) is 46.7 Å². The molecule has 0 radical (unpaired) electrons. The van der Waals surface area contributed by atoms with Gasteiger partial charge >= 0.3 is 0 Å². The van der Waals surface area contributed by atoms with Crippen molar-refractivity contribution in [3.63, 3.8) is 0 Å². The molecule has 6 rings (SSSR count). The van der Waals surface area contributed by atoms with Gasteiger partial charge in [0, 0.05) is 57.2 Å². The first-order valence-corrected chi connectivity index (χ1v) is 18.8. The lowest BCUT2D eigenvalue weighted by Crippen LogP contribution is -2.63. The summed E-state index contributed by atoms with van der Waals surface area (Å²) in [5, 5.41) is 64.3. The molecular weight excluding hydrogens is 730 g/mol. The Kier molecular flexibility index (Phi) is 14.8. The van der Waals surface area contributed by atoms with Gasteiger partial charge in [-0.15, -0.1) is 0 Å². The molecular formula is C38H53N7O11. The van der Waals surface area contributed by atoms with E-state index in [2.05, 4.69) is 25.2 Å². The molecule has 3 aromatic heterocycles. The van der Waals surface area contributed by atoms with Crippen LogP contribution in [0.5, 0.6) is 0 Å². The molecule has 5 heterocycles. The van der Waals surface area contributed by atoms with Crippen LogP contribution >= 0.6 is 0 Å². The molecule has 2 saturated heterocycles. The number of nitrogens with one attached hydrogen (secondary N) is 1. The van der Waals surface area contributed by atoms with Crippen molar-refractivity contribution in [1.29, 1.82) is 0 Å². The zero-order chi connectivity index (χ0) is 39.8. The van der Waals surface area contributed by atoms with Crippen LogP contribution in [0.25, 0.3) is 0 Å². The summed E-state index contributed by atoms with van der Waals surface area (Å²) in [7, 11) is 0. The number of aromatic nitrogens is 3. The Morgan fingerprint density at radius 1 is 0.750 bits per heavy atom. The summed E-state index contributed by atoms with van der Waals surface area (Å²) in [6.45, 7) is 0.111. The van der Waals surface area contributed by atoms with Gasteiger partial charge in [0.05, 0.1) is 84.5 Å². The minimum atomic E-state index is -1.37. The zero-order valence-electron chi connectivity index (χ0n) is 30.9. The molecule has 1 amide bonds. The fourth-order valence-electron chi connectivity index (χ4n) is 7.42. The van der Waals surface area contributed by atoms with E-state index in [1.165, 1.54) is 6.20 Å². The second-order valence-corrected chi connectivity index (χ2v) is 14.6. The van der Waals surface area contributed by atoms with Crippen LogP contribution in [0.15, 0.2) is 67.1 Å². The molecule has 0 spiro atoms. The molecule has 18 nitrogen and oxygen atoms in total. The fraction of sp³-hybridized carbons (Fsp3) is 0.579. The third-order valence-electron chi connectivity index (χ3n) is 10.6. The summed E-state index contributed by atoms with van der Waals surface area (Å²) in [6, 6.07) is 12.1. The third-order valence-corrected chi connectivity index (χ3v) is 10.6. The summed E-state index contributed by atoms with van der Waals surface area (Å²) in [4.78, 5) is 29.5. The lowest BCUT2D eigenvalue weighted by atomic mass is 9.80. The topological polar surface area (TPSA) is 281 Å². The lowest BCUT2D eigenvalue weighted by Gasteiger charge is -2.47. The number of ether oxygens (including phenoxy) is 4. The Morgan fingerprint density at radius 3 is 1.95 bits per heavy atom. The highest BCUT2D eigenvalue weighted by molar-refractivity contribution is 5.94. The normalized spacial score (nSPS) is 33.6. The number of aliphatic hydroxyl groups is 6. The largest absolute Gasteiger partial charge is 0.396 e. The molecule has 306 valence electrons.